The molecule has 0 unspecified atom stereocenters. The molecular formula is C22H35N3O4S. The molecule has 0 atom stereocenters. The fourth-order valence-electron chi connectivity index (χ4n) is 3.23. The van der Waals surface area contributed by atoms with Crippen LogP contribution in [0.25, 0.3) is 0 Å². The minimum absolute atomic E-state index is 0.0704. The zero-order chi connectivity index (χ0) is 22.7. The van der Waals surface area contributed by atoms with E-state index in [1.165, 1.54) is 0 Å². The molecule has 168 valence electrons. The summed E-state index contributed by atoms with van der Waals surface area (Å²) in [4.78, 5) is 24.8. The van der Waals surface area contributed by atoms with Crippen molar-refractivity contribution in [1.82, 2.24) is 10.0 Å². The van der Waals surface area contributed by atoms with Crippen molar-refractivity contribution < 1.29 is 18.0 Å². The fourth-order valence-corrected chi connectivity index (χ4v) is 4.26. The van der Waals surface area contributed by atoms with E-state index in [2.05, 4.69) is 15.4 Å². The maximum Gasteiger partial charge on any atom is 0.251 e. The van der Waals surface area contributed by atoms with E-state index in [1.807, 2.05) is 20.8 Å². The van der Waals surface area contributed by atoms with Gasteiger partial charge in [0.05, 0.1) is 4.75 Å². The number of carbonyl (C=O) groups excluding carboxylic acids is 2. The van der Waals surface area contributed by atoms with Crippen LogP contribution >= 0.6 is 0 Å². The predicted octanol–water partition coefficient (Wildman–Crippen LogP) is 3.43. The smallest absolute Gasteiger partial charge is 0.251 e. The van der Waals surface area contributed by atoms with Gasteiger partial charge in [0.1, 0.15) is 0 Å². The van der Waals surface area contributed by atoms with Gasteiger partial charge < -0.3 is 10.6 Å². The second kappa shape index (κ2) is 9.06. The van der Waals surface area contributed by atoms with Crippen LogP contribution < -0.4 is 15.4 Å². The van der Waals surface area contributed by atoms with Crippen LogP contribution in [0.5, 0.6) is 0 Å². The number of nitrogens with one attached hydrogen (secondary N) is 3. The molecule has 0 aliphatic heterocycles. The molecule has 0 aromatic heterocycles. The van der Waals surface area contributed by atoms with Gasteiger partial charge in [-0.15, -0.1) is 0 Å². The van der Waals surface area contributed by atoms with E-state index in [9.17, 15) is 18.0 Å². The molecule has 3 N–H and O–H groups in total. The highest BCUT2D eigenvalue weighted by molar-refractivity contribution is 7.90. The van der Waals surface area contributed by atoms with Gasteiger partial charge in [-0.2, -0.15) is 0 Å². The van der Waals surface area contributed by atoms with Crippen molar-refractivity contribution >= 4 is 27.5 Å². The number of carbonyl (C=O) groups is 2. The summed E-state index contributed by atoms with van der Waals surface area (Å²) >= 11 is 0. The Morgan fingerprint density at radius 2 is 1.43 bits per heavy atom. The topological polar surface area (TPSA) is 104 Å². The van der Waals surface area contributed by atoms with Crippen LogP contribution in [0.1, 0.15) is 77.6 Å². The van der Waals surface area contributed by atoms with E-state index in [4.69, 9.17) is 0 Å². The van der Waals surface area contributed by atoms with Gasteiger partial charge in [-0.05, 0) is 91.5 Å². The molecule has 1 aliphatic carbocycles. The van der Waals surface area contributed by atoms with Crippen molar-refractivity contribution in [2.24, 2.45) is 5.92 Å². The lowest BCUT2D eigenvalue weighted by Crippen LogP contribution is -2.46. The second-order valence-corrected chi connectivity index (χ2v) is 12.5. The molecule has 1 aromatic rings. The molecule has 0 radical (unpaired) electrons. The van der Waals surface area contributed by atoms with Crippen LogP contribution in [-0.4, -0.2) is 36.6 Å². The second-order valence-electron chi connectivity index (χ2n) is 10.1. The van der Waals surface area contributed by atoms with Crippen LogP contribution in [0.2, 0.25) is 0 Å². The molecule has 0 saturated heterocycles. The maximum absolute atomic E-state index is 12.6. The van der Waals surface area contributed by atoms with Gasteiger partial charge in [0, 0.05) is 28.7 Å². The summed E-state index contributed by atoms with van der Waals surface area (Å²) in [6.07, 6.45) is 2.54. The van der Waals surface area contributed by atoms with E-state index in [1.54, 1.807) is 45.0 Å². The first-order valence-corrected chi connectivity index (χ1v) is 11.9. The molecule has 2 rings (SSSR count). The van der Waals surface area contributed by atoms with Crippen LogP contribution in [0.4, 0.5) is 5.69 Å². The highest BCUT2D eigenvalue weighted by atomic mass is 32.2. The molecule has 0 heterocycles. The van der Waals surface area contributed by atoms with Crippen molar-refractivity contribution in [2.75, 3.05) is 5.32 Å². The summed E-state index contributed by atoms with van der Waals surface area (Å²) in [5, 5.41) is 5.81. The fraction of sp³-hybridized carbons (Fsp3) is 0.636. The standard InChI is InChI=1S/C22H35N3O4S/c1-21(2,3)24-20(27)16-7-11-17(12-8-16)23-19(26)15-9-13-18(14-10-15)25-30(28,29)22(4,5)6/h7-8,11-12,15,18,25H,9-10,13-14H2,1-6H3,(H,23,26)(H,24,27). The lowest BCUT2D eigenvalue weighted by atomic mass is 9.86. The van der Waals surface area contributed by atoms with E-state index in [0.717, 1.165) is 0 Å². The molecule has 1 aliphatic rings. The van der Waals surface area contributed by atoms with Gasteiger partial charge in [-0.1, -0.05) is 0 Å². The van der Waals surface area contributed by atoms with Crippen LogP contribution in [-0.2, 0) is 14.8 Å². The Kier molecular flexibility index (Phi) is 7.35. The van der Waals surface area contributed by atoms with Gasteiger partial charge >= 0.3 is 0 Å². The van der Waals surface area contributed by atoms with E-state index >= 15 is 0 Å². The normalized spacial score (nSPS) is 20.5. The summed E-state index contributed by atoms with van der Waals surface area (Å²) in [6.45, 7) is 10.8. The average Bonchev–Trinajstić information content (AvgIpc) is 2.60. The minimum atomic E-state index is -3.39. The molecule has 2 amide bonds. The zero-order valence-electron chi connectivity index (χ0n) is 18.8. The summed E-state index contributed by atoms with van der Waals surface area (Å²) in [5.41, 5.74) is 0.863. The van der Waals surface area contributed by atoms with Crippen molar-refractivity contribution in [1.29, 1.82) is 0 Å². The lowest BCUT2D eigenvalue weighted by Gasteiger charge is -2.30. The first-order chi connectivity index (χ1) is 13.7. The number of anilines is 1. The first-order valence-electron chi connectivity index (χ1n) is 10.4. The third kappa shape index (κ3) is 6.80. The summed E-state index contributed by atoms with van der Waals surface area (Å²) in [6, 6.07) is 6.69. The molecule has 8 heteroatoms. The Labute approximate surface area is 180 Å². The molecule has 0 bridgehead atoms. The summed E-state index contributed by atoms with van der Waals surface area (Å²) in [7, 11) is -3.39. The predicted molar refractivity (Wildman–Crippen MR) is 120 cm³/mol. The summed E-state index contributed by atoms with van der Waals surface area (Å²) < 4.78 is 26.5. The van der Waals surface area contributed by atoms with Crippen molar-refractivity contribution in [3.05, 3.63) is 29.8 Å². The van der Waals surface area contributed by atoms with Gasteiger partial charge in [0.15, 0.2) is 0 Å². The largest absolute Gasteiger partial charge is 0.347 e. The number of benzene rings is 1. The molecule has 30 heavy (non-hydrogen) atoms. The third-order valence-corrected chi connectivity index (χ3v) is 7.39. The highest BCUT2D eigenvalue weighted by Crippen LogP contribution is 2.27. The van der Waals surface area contributed by atoms with Crippen LogP contribution in [0, 0.1) is 5.92 Å². The molecule has 1 fully saturated rings. The highest BCUT2D eigenvalue weighted by Gasteiger charge is 2.34. The molecule has 1 aromatic carbocycles. The van der Waals surface area contributed by atoms with Crippen molar-refractivity contribution in [3.63, 3.8) is 0 Å². The Hall–Kier alpha value is -1.93. The van der Waals surface area contributed by atoms with Crippen molar-refractivity contribution in [3.8, 4) is 0 Å². The van der Waals surface area contributed by atoms with Gasteiger partial charge in [-0.25, -0.2) is 13.1 Å². The molecule has 0 spiro atoms. The Balaban J connectivity index is 1.87. The molecule has 1 saturated carbocycles. The number of rotatable bonds is 5. The SMILES string of the molecule is CC(C)(C)NC(=O)c1ccc(NC(=O)C2CCC(NS(=O)(=O)C(C)(C)C)CC2)cc1. The van der Waals surface area contributed by atoms with Crippen molar-refractivity contribution in [2.45, 2.75) is 83.6 Å². The number of amides is 2. The van der Waals surface area contributed by atoms with Gasteiger partial charge in [0.2, 0.25) is 15.9 Å². The zero-order valence-corrected chi connectivity index (χ0v) is 19.7. The number of hydrogen-bond acceptors (Lipinski definition) is 4. The Bertz CT molecular complexity index is 857. The monoisotopic (exact) mass is 437 g/mol. The lowest BCUT2D eigenvalue weighted by molar-refractivity contribution is -0.120. The quantitative estimate of drug-likeness (QED) is 0.656. The van der Waals surface area contributed by atoms with Gasteiger partial charge in [-0.3, -0.25) is 9.59 Å². The maximum atomic E-state index is 12.6. The van der Waals surface area contributed by atoms with Gasteiger partial charge in [0.25, 0.3) is 5.91 Å². The summed E-state index contributed by atoms with van der Waals surface area (Å²) in [5.74, 6) is -0.375. The first kappa shape index (κ1) is 24.3. The number of sulfonamides is 1. The number of hydrogen-bond donors (Lipinski definition) is 3. The van der Waals surface area contributed by atoms with E-state index in [-0.39, 0.29) is 29.3 Å². The minimum Gasteiger partial charge on any atom is -0.347 e. The van der Waals surface area contributed by atoms with Crippen LogP contribution in [0.15, 0.2) is 24.3 Å². The Morgan fingerprint density at radius 1 is 0.900 bits per heavy atom. The third-order valence-electron chi connectivity index (χ3n) is 5.13. The van der Waals surface area contributed by atoms with Crippen LogP contribution in [0.3, 0.4) is 0 Å². The Morgan fingerprint density at radius 3 is 1.90 bits per heavy atom. The molecular weight excluding hydrogens is 402 g/mol. The van der Waals surface area contributed by atoms with E-state index in [0.29, 0.717) is 36.9 Å². The average molecular weight is 438 g/mol. The van der Waals surface area contributed by atoms with E-state index < -0.39 is 14.8 Å². The molecule has 7 nitrogen and oxygen atoms in total.